The highest BCUT2D eigenvalue weighted by Crippen LogP contribution is 2.32. The van der Waals surface area contributed by atoms with Crippen LogP contribution in [0, 0.1) is 5.82 Å². The van der Waals surface area contributed by atoms with Gasteiger partial charge in [0.2, 0.25) is 0 Å². The van der Waals surface area contributed by atoms with Crippen molar-refractivity contribution in [2.24, 2.45) is 0 Å². The van der Waals surface area contributed by atoms with Gasteiger partial charge in [-0.1, -0.05) is 23.2 Å². The minimum Gasteiger partial charge on any atom is -0.314 e. The molecule has 116 valence electrons. The lowest BCUT2D eigenvalue weighted by atomic mass is 10.0. The van der Waals surface area contributed by atoms with E-state index >= 15 is 0 Å². The van der Waals surface area contributed by atoms with E-state index in [2.05, 4.69) is 22.0 Å². The zero-order valence-electron chi connectivity index (χ0n) is 12.1. The number of nitrogens with one attached hydrogen (secondary N) is 1. The Morgan fingerprint density at radius 2 is 1.81 bits per heavy atom. The highest BCUT2D eigenvalue weighted by molar-refractivity contribution is 6.35. The van der Waals surface area contributed by atoms with E-state index in [-0.39, 0.29) is 11.1 Å². The zero-order valence-corrected chi connectivity index (χ0v) is 13.6. The number of hydrogen-bond acceptors (Lipinski definition) is 3. The number of piperazine rings is 1. The summed E-state index contributed by atoms with van der Waals surface area (Å²) in [6, 6.07) is 3.77. The van der Waals surface area contributed by atoms with Gasteiger partial charge < -0.3 is 5.32 Å². The fourth-order valence-electron chi connectivity index (χ4n) is 3.08. The average Bonchev–Trinajstić information content (AvgIpc) is 2.41. The van der Waals surface area contributed by atoms with Gasteiger partial charge in [0.25, 0.3) is 0 Å². The molecular formula is C15H20Cl2FN3. The number of halogens is 3. The SMILES string of the molecule is CC(c1cc(F)c(Cl)cc1Cl)N1CCN(C2CNC2)CC1. The first-order valence-electron chi connectivity index (χ1n) is 7.39. The van der Waals surface area contributed by atoms with Crippen LogP contribution in [-0.4, -0.2) is 55.1 Å². The largest absolute Gasteiger partial charge is 0.314 e. The van der Waals surface area contributed by atoms with Crippen molar-refractivity contribution in [3.63, 3.8) is 0 Å². The second-order valence-electron chi connectivity index (χ2n) is 5.85. The van der Waals surface area contributed by atoms with Gasteiger partial charge in [-0.15, -0.1) is 0 Å². The molecule has 2 saturated heterocycles. The van der Waals surface area contributed by atoms with Crippen LogP contribution >= 0.6 is 23.2 Å². The van der Waals surface area contributed by atoms with Crippen molar-refractivity contribution in [3.8, 4) is 0 Å². The van der Waals surface area contributed by atoms with Gasteiger partial charge in [-0.3, -0.25) is 9.80 Å². The van der Waals surface area contributed by atoms with Gasteiger partial charge in [-0.05, 0) is 24.6 Å². The fourth-order valence-corrected chi connectivity index (χ4v) is 3.62. The molecule has 0 aromatic heterocycles. The molecule has 3 nitrogen and oxygen atoms in total. The van der Waals surface area contributed by atoms with Crippen molar-refractivity contribution in [1.82, 2.24) is 15.1 Å². The maximum Gasteiger partial charge on any atom is 0.142 e. The molecule has 2 aliphatic heterocycles. The zero-order chi connectivity index (χ0) is 15.0. The van der Waals surface area contributed by atoms with Crippen LogP contribution in [0.25, 0.3) is 0 Å². The molecule has 1 unspecified atom stereocenters. The fraction of sp³-hybridized carbons (Fsp3) is 0.600. The van der Waals surface area contributed by atoms with Crippen LogP contribution in [-0.2, 0) is 0 Å². The minimum absolute atomic E-state index is 0.0817. The maximum atomic E-state index is 13.7. The third kappa shape index (κ3) is 3.20. The Kier molecular flexibility index (Phi) is 4.71. The van der Waals surface area contributed by atoms with Crippen molar-refractivity contribution in [1.29, 1.82) is 0 Å². The van der Waals surface area contributed by atoms with Crippen molar-refractivity contribution in [3.05, 3.63) is 33.6 Å². The monoisotopic (exact) mass is 331 g/mol. The quantitative estimate of drug-likeness (QED) is 0.859. The average molecular weight is 332 g/mol. The summed E-state index contributed by atoms with van der Waals surface area (Å²) in [4.78, 5) is 4.89. The van der Waals surface area contributed by atoms with Gasteiger partial charge in [0, 0.05) is 56.4 Å². The Bertz CT molecular complexity index is 514. The highest BCUT2D eigenvalue weighted by atomic mass is 35.5. The molecule has 0 spiro atoms. The first kappa shape index (κ1) is 15.5. The summed E-state index contributed by atoms with van der Waals surface area (Å²) < 4.78 is 13.7. The van der Waals surface area contributed by atoms with Gasteiger partial charge in [0.05, 0.1) is 5.02 Å². The Labute approximate surface area is 135 Å². The summed E-state index contributed by atoms with van der Waals surface area (Å²) in [5, 5.41) is 3.93. The van der Waals surface area contributed by atoms with Crippen molar-refractivity contribution >= 4 is 23.2 Å². The number of nitrogens with zero attached hydrogens (tertiary/aromatic N) is 2. The number of rotatable bonds is 3. The summed E-state index contributed by atoms with van der Waals surface area (Å²) in [5.41, 5.74) is 0.817. The van der Waals surface area contributed by atoms with Crippen LogP contribution in [0.3, 0.4) is 0 Å². The van der Waals surface area contributed by atoms with Crippen LogP contribution in [0.15, 0.2) is 12.1 Å². The molecule has 1 aromatic rings. The summed E-state index contributed by atoms with van der Waals surface area (Å²) in [5.74, 6) is -0.401. The molecule has 1 aromatic carbocycles. The molecule has 2 heterocycles. The van der Waals surface area contributed by atoms with E-state index < -0.39 is 5.82 Å². The molecule has 6 heteroatoms. The lowest BCUT2D eigenvalue weighted by molar-refractivity contribution is 0.0552. The lowest BCUT2D eigenvalue weighted by Gasteiger charge is -2.44. The second kappa shape index (κ2) is 6.39. The van der Waals surface area contributed by atoms with E-state index in [1.165, 1.54) is 12.1 Å². The van der Waals surface area contributed by atoms with E-state index in [0.717, 1.165) is 44.8 Å². The van der Waals surface area contributed by atoms with Crippen LogP contribution in [0.5, 0.6) is 0 Å². The van der Waals surface area contributed by atoms with Crippen LogP contribution in [0.2, 0.25) is 10.0 Å². The van der Waals surface area contributed by atoms with Gasteiger partial charge >= 0.3 is 0 Å². The first-order valence-corrected chi connectivity index (χ1v) is 8.15. The summed E-state index contributed by atoms with van der Waals surface area (Å²) in [7, 11) is 0. The molecular weight excluding hydrogens is 312 g/mol. The Balaban J connectivity index is 1.66. The third-order valence-corrected chi connectivity index (χ3v) is 5.28. The summed E-state index contributed by atoms with van der Waals surface area (Å²) in [6.45, 7) is 8.37. The highest BCUT2D eigenvalue weighted by Gasteiger charge is 2.30. The molecule has 0 bridgehead atoms. The Morgan fingerprint density at radius 3 is 2.38 bits per heavy atom. The molecule has 21 heavy (non-hydrogen) atoms. The molecule has 0 radical (unpaired) electrons. The van der Waals surface area contributed by atoms with E-state index in [1.54, 1.807) is 0 Å². The summed E-state index contributed by atoms with van der Waals surface area (Å²) in [6.07, 6.45) is 0. The topological polar surface area (TPSA) is 18.5 Å². The van der Waals surface area contributed by atoms with Crippen molar-refractivity contribution < 1.29 is 4.39 Å². The Morgan fingerprint density at radius 1 is 1.14 bits per heavy atom. The van der Waals surface area contributed by atoms with Gasteiger partial charge in [-0.25, -0.2) is 4.39 Å². The number of benzene rings is 1. The van der Waals surface area contributed by atoms with Gasteiger partial charge in [0.15, 0.2) is 0 Å². The van der Waals surface area contributed by atoms with Gasteiger partial charge in [-0.2, -0.15) is 0 Å². The molecule has 2 fully saturated rings. The molecule has 3 rings (SSSR count). The first-order chi connectivity index (χ1) is 10.1. The molecule has 1 N–H and O–H groups in total. The third-order valence-electron chi connectivity index (χ3n) is 4.66. The predicted octanol–water partition coefficient (Wildman–Crippen LogP) is 2.78. The lowest BCUT2D eigenvalue weighted by Crippen LogP contribution is -2.61. The Hall–Kier alpha value is -0.390. The van der Waals surface area contributed by atoms with E-state index in [1.807, 2.05) is 0 Å². The predicted molar refractivity (Wildman–Crippen MR) is 84.6 cm³/mol. The maximum absolute atomic E-state index is 13.7. The molecule has 0 aliphatic carbocycles. The molecule has 2 aliphatic rings. The van der Waals surface area contributed by atoms with Gasteiger partial charge in [0.1, 0.15) is 5.82 Å². The molecule has 0 amide bonds. The minimum atomic E-state index is -0.401. The van der Waals surface area contributed by atoms with Crippen LogP contribution in [0.1, 0.15) is 18.5 Å². The van der Waals surface area contributed by atoms with Crippen molar-refractivity contribution in [2.45, 2.75) is 19.0 Å². The molecule has 1 atom stereocenters. The van der Waals surface area contributed by atoms with Crippen molar-refractivity contribution in [2.75, 3.05) is 39.3 Å². The second-order valence-corrected chi connectivity index (χ2v) is 6.66. The van der Waals surface area contributed by atoms with E-state index in [0.29, 0.717) is 11.1 Å². The van der Waals surface area contributed by atoms with Crippen LogP contribution in [0.4, 0.5) is 4.39 Å². The van der Waals surface area contributed by atoms with Crippen LogP contribution < -0.4 is 5.32 Å². The molecule has 0 saturated carbocycles. The summed E-state index contributed by atoms with van der Waals surface area (Å²) >= 11 is 12.0. The van der Waals surface area contributed by atoms with E-state index in [9.17, 15) is 4.39 Å². The van der Waals surface area contributed by atoms with E-state index in [4.69, 9.17) is 23.2 Å². The standard InChI is InChI=1S/C15H20Cl2FN3/c1-10(12-6-15(18)14(17)7-13(12)16)20-2-4-21(5-3-20)11-8-19-9-11/h6-7,10-11,19H,2-5,8-9H2,1H3. The number of hydrogen-bond donors (Lipinski definition) is 1. The normalized spacial score (nSPS) is 23.0. The smallest absolute Gasteiger partial charge is 0.142 e.